The van der Waals surface area contributed by atoms with E-state index in [1.807, 2.05) is 54.6 Å². The van der Waals surface area contributed by atoms with Crippen molar-refractivity contribution in [3.8, 4) is 28.7 Å². The molecule has 3 aromatic carbocycles. The highest BCUT2D eigenvalue weighted by Gasteiger charge is 2.30. The summed E-state index contributed by atoms with van der Waals surface area (Å²) in [5, 5.41) is 2.11. The summed E-state index contributed by atoms with van der Waals surface area (Å²) in [6, 6.07) is 21.9. The zero-order valence-electron chi connectivity index (χ0n) is 18.8. The zero-order valence-corrected chi connectivity index (χ0v) is 19.7. The maximum absolute atomic E-state index is 6.33. The molecule has 0 spiro atoms. The standard InChI is InChI=1S/C25H30NO4P/c1-6-26(7-2)31(25-22(28-4)17-20(27-3)18-23(25)29-5)24-16-12-11-15-21(24)30-19-13-9-8-10-14-19/h8-18H,6-7H2,1-5H3. The number of methoxy groups -OCH3 is 3. The maximum atomic E-state index is 6.33. The van der Waals surface area contributed by atoms with Crippen molar-refractivity contribution < 1.29 is 18.9 Å². The minimum Gasteiger partial charge on any atom is -0.496 e. The summed E-state index contributed by atoms with van der Waals surface area (Å²) in [6.07, 6.45) is 0. The van der Waals surface area contributed by atoms with Gasteiger partial charge in [0, 0.05) is 25.5 Å². The van der Waals surface area contributed by atoms with E-state index >= 15 is 0 Å². The van der Waals surface area contributed by atoms with Crippen LogP contribution in [-0.2, 0) is 0 Å². The third kappa shape index (κ3) is 5.12. The monoisotopic (exact) mass is 439 g/mol. The first kappa shape index (κ1) is 22.9. The number of ether oxygens (including phenoxy) is 4. The number of para-hydroxylation sites is 2. The van der Waals surface area contributed by atoms with Crippen LogP contribution in [0.25, 0.3) is 0 Å². The van der Waals surface area contributed by atoms with Crippen LogP contribution in [0.15, 0.2) is 66.7 Å². The van der Waals surface area contributed by atoms with Gasteiger partial charge in [-0.15, -0.1) is 0 Å². The first-order chi connectivity index (χ1) is 15.2. The Balaban J connectivity index is 2.21. The fourth-order valence-electron chi connectivity index (χ4n) is 3.45. The lowest BCUT2D eigenvalue weighted by molar-refractivity contribution is 0.379. The first-order valence-electron chi connectivity index (χ1n) is 10.3. The Morgan fingerprint density at radius 2 is 1.26 bits per heavy atom. The summed E-state index contributed by atoms with van der Waals surface area (Å²) in [5.41, 5.74) is 0. The van der Waals surface area contributed by atoms with Gasteiger partial charge in [-0.25, -0.2) is 0 Å². The van der Waals surface area contributed by atoms with E-state index < -0.39 is 8.07 Å². The summed E-state index contributed by atoms with van der Waals surface area (Å²) in [4.78, 5) is 0. The van der Waals surface area contributed by atoms with Crippen LogP contribution in [0.2, 0.25) is 0 Å². The van der Waals surface area contributed by atoms with E-state index in [1.165, 1.54) is 0 Å². The number of benzene rings is 3. The van der Waals surface area contributed by atoms with E-state index in [-0.39, 0.29) is 0 Å². The van der Waals surface area contributed by atoms with Gasteiger partial charge in [0.2, 0.25) is 0 Å². The molecule has 0 aliphatic carbocycles. The van der Waals surface area contributed by atoms with Crippen molar-refractivity contribution in [2.24, 2.45) is 0 Å². The van der Waals surface area contributed by atoms with E-state index in [4.69, 9.17) is 18.9 Å². The van der Waals surface area contributed by atoms with Crippen molar-refractivity contribution in [3.63, 3.8) is 0 Å². The molecular formula is C25H30NO4P. The number of hydrogen-bond donors (Lipinski definition) is 0. The lowest BCUT2D eigenvalue weighted by atomic mass is 10.3. The van der Waals surface area contributed by atoms with Gasteiger partial charge in [0.25, 0.3) is 0 Å². The Hall–Kier alpha value is -2.75. The predicted molar refractivity (Wildman–Crippen MR) is 128 cm³/mol. The third-order valence-electron chi connectivity index (χ3n) is 4.98. The van der Waals surface area contributed by atoms with Gasteiger partial charge in [0.1, 0.15) is 28.7 Å². The molecule has 6 heteroatoms. The molecule has 1 unspecified atom stereocenters. The molecule has 3 rings (SSSR count). The van der Waals surface area contributed by atoms with Gasteiger partial charge in [0.05, 0.1) is 26.6 Å². The van der Waals surface area contributed by atoms with Crippen molar-refractivity contribution in [1.29, 1.82) is 0 Å². The first-order valence-corrected chi connectivity index (χ1v) is 11.6. The van der Waals surface area contributed by atoms with E-state index in [0.717, 1.165) is 46.7 Å². The normalized spacial score (nSPS) is 11.8. The van der Waals surface area contributed by atoms with Crippen LogP contribution in [0.4, 0.5) is 0 Å². The highest BCUT2D eigenvalue weighted by Crippen LogP contribution is 2.48. The Labute approximate surface area is 186 Å². The molecule has 3 aromatic rings. The molecular weight excluding hydrogens is 409 g/mol. The van der Waals surface area contributed by atoms with Crippen LogP contribution < -0.4 is 29.6 Å². The minimum atomic E-state index is -0.999. The summed E-state index contributed by atoms with van der Waals surface area (Å²) in [5.74, 6) is 3.80. The van der Waals surface area contributed by atoms with E-state index in [9.17, 15) is 0 Å². The fraction of sp³-hybridized carbons (Fsp3) is 0.280. The van der Waals surface area contributed by atoms with Gasteiger partial charge in [-0.05, 0) is 37.4 Å². The molecule has 0 aromatic heterocycles. The average Bonchev–Trinajstić information content (AvgIpc) is 2.83. The van der Waals surface area contributed by atoms with Gasteiger partial charge >= 0.3 is 0 Å². The largest absolute Gasteiger partial charge is 0.496 e. The van der Waals surface area contributed by atoms with Gasteiger partial charge < -0.3 is 18.9 Å². The summed E-state index contributed by atoms with van der Waals surface area (Å²) in [7, 11) is 4.00. The van der Waals surface area contributed by atoms with E-state index in [0.29, 0.717) is 5.75 Å². The Morgan fingerprint density at radius 1 is 0.677 bits per heavy atom. The van der Waals surface area contributed by atoms with Crippen LogP contribution in [0.3, 0.4) is 0 Å². The quantitative estimate of drug-likeness (QED) is 0.407. The maximum Gasteiger partial charge on any atom is 0.136 e. The van der Waals surface area contributed by atoms with Crippen LogP contribution >= 0.6 is 8.07 Å². The van der Waals surface area contributed by atoms with Crippen molar-refractivity contribution >= 4 is 18.7 Å². The SMILES string of the molecule is CCN(CC)P(c1ccccc1Oc1ccccc1)c1c(OC)cc(OC)cc1OC. The molecule has 0 saturated carbocycles. The summed E-state index contributed by atoms with van der Waals surface area (Å²) < 4.78 is 25.9. The lowest BCUT2D eigenvalue weighted by Gasteiger charge is -2.33. The van der Waals surface area contributed by atoms with E-state index in [1.54, 1.807) is 21.3 Å². The molecule has 31 heavy (non-hydrogen) atoms. The van der Waals surface area contributed by atoms with Crippen LogP contribution in [0.5, 0.6) is 28.7 Å². The van der Waals surface area contributed by atoms with Gasteiger partial charge in [-0.2, -0.15) is 0 Å². The van der Waals surface area contributed by atoms with E-state index in [2.05, 4.69) is 30.7 Å². The molecule has 0 aliphatic rings. The fourth-order valence-corrected chi connectivity index (χ4v) is 6.13. The highest BCUT2D eigenvalue weighted by atomic mass is 31.1. The van der Waals surface area contributed by atoms with Crippen molar-refractivity contribution in [2.45, 2.75) is 13.8 Å². The van der Waals surface area contributed by atoms with Crippen LogP contribution in [0.1, 0.15) is 13.8 Å². The number of hydrogen-bond acceptors (Lipinski definition) is 5. The Bertz CT molecular complexity index is 951. The molecule has 0 heterocycles. The molecule has 164 valence electrons. The molecule has 0 saturated heterocycles. The average molecular weight is 439 g/mol. The van der Waals surface area contributed by atoms with Crippen molar-refractivity contribution in [2.75, 3.05) is 34.4 Å². The zero-order chi connectivity index (χ0) is 22.2. The lowest BCUT2D eigenvalue weighted by Crippen LogP contribution is -2.30. The Morgan fingerprint density at radius 3 is 1.81 bits per heavy atom. The summed E-state index contributed by atoms with van der Waals surface area (Å²) in [6.45, 7) is 6.09. The van der Waals surface area contributed by atoms with Crippen LogP contribution in [-0.4, -0.2) is 39.1 Å². The van der Waals surface area contributed by atoms with Crippen molar-refractivity contribution in [1.82, 2.24) is 4.67 Å². The topological polar surface area (TPSA) is 40.2 Å². The molecule has 0 amide bonds. The molecule has 0 aliphatic heterocycles. The van der Waals surface area contributed by atoms with Crippen molar-refractivity contribution in [3.05, 3.63) is 66.7 Å². The number of nitrogens with zero attached hydrogens (tertiary/aromatic N) is 1. The third-order valence-corrected chi connectivity index (χ3v) is 7.80. The molecule has 1 atom stereocenters. The number of rotatable bonds is 10. The second-order valence-electron chi connectivity index (χ2n) is 6.71. The molecule has 0 fully saturated rings. The van der Waals surface area contributed by atoms with Crippen LogP contribution in [0, 0.1) is 0 Å². The highest BCUT2D eigenvalue weighted by molar-refractivity contribution is 7.71. The van der Waals surface area contributed by atoms with Gasteiger partial charge in [0.15, 0.2) is 0 Å². The van der Waals surface area contributed by atoms with Gasteiger partial charge in [-0.1, -0.05) is 44.2 Å². The molecule has 5 nitrogen and oxygen atoms in total. The smallest absolute Gasteiger partial charge is 0.136 e. The Kier molecular flexibility index (Phi) is 8.16. The second kappa shape index (κ2) is 11.0. The summed E-state index contributed by atoms with van der Waals surface area (Å²) >= 11 is 0. The molecule has 0 N–H and O–H groups in total. The van der Waals surface area contributed by atoms with Gasteiger partial charge in [-0.3, -0.25) is 4.67 Å². The second-order valence-corrected chi connectivity index (χ2v) is 8.83. The predicted octanol–water partition coefficient (Wildman–Crippen LogP) is 5.19. The molecule has 0 bridgehead atoms. The minimum absolute atomic E-state index is 0.695. The molecule has 0 radical (unpaired) electrons.